The quantitative estimate of drug-likeness (QED) is 0.250. The summed E-state index contributed by atoms with van der Waals surface area (Å²) in [5, 5.41) is 0. The summed E-state index contributed by atoms with van der Waals surface area (Å²) in [6.45, 7) is 12.5. The van der Waals surface area contributed by atoms with Gasteiger partial charge in [-0.1, -0.05) is 110 Å². The van der Waals surface area contributed by atoms with Gasteiger partial charge >= 0.3 is 0 Å². The summed E-state index contributed by atoms with van der Waals surface area (Å²) in [5.41, 5.74) is 5.89. The lowest BCUT2D eigenvalue weighted by atomic mass is 9.69. The Bertz CT molecular complexity index is 960. The molecule has 0 amide bonds. The second-order valence-electron chi connectivity index (χ2n) is 13.4. The van der Waals surface area contributed by atoms with E-state index < -0.39 is 0 Å². The minimum absolute atomic E-state index is 0.432. The average Bonchev–Trinajstić information content (AvgIpc) is 2.99. The summed E-state index contributed by atoms with van der Waals surface area (Å²) >= 11 is 0. The molecule has 0 radical (unpaired) electrons. The zero-order chi connectivity index (χ0) is 27.7. The van der Waals surface area contributed by atoms with E-state index in [1.54, 1.807) is 0 Å². The van der Waals surface area contributed by atoms with Crippen molar-refractivity contribution in [1.82, 2.24) is 0 Å². The fourth-order valence-electron chi connectivity index (χ4n) is 7.77. The molecule has 2 aromatic carbocycles. The van der Waals surface area contributed by atoms with Crippen molar-refractivity contribution >= 4 is 0 Å². The van der Waals surface area contributed by atoms with Crippen LogP contribution in [0.25, 0.3) is 11.1 Å². The lowest BCUT2D eigenvalue weighted by Crippen LogP contribution is -2.25. The Hall–Kier alpha value is -1.76. The maximum absolute atomic E-state index is 6.33. The van der Waals surface area contributed by atoms with Gasteiger partial charge in [-0.3, -0.25) is 0 Å². The van der Waals surface area contributed by atoms with Gasteiger partial charge in [0.15, 0.2) is 0 Å². The van der Waals surface area contributed by atoms with Crippen molar-refractivity contribution in [3.63, 3.8) is 0 Å². The smallest absolute Gasteiger partial charge is 0.122 e. The molecule has 0 aliphatic heterocycles. The molecule has 1 nitrogen and oxygen atoms in total. The fourth-order valence-corrected chi connectivity index (χ4v) is 7.77. The SMILES string of the molecule is CCc1cc(-c2ccc(CCC3CCC(C4CCC(C)CC4)CC3)cc2)ccc1OCCC(CC)(CC)CC. The van der Waals surface area contributed by atoms with E-state index in [2.05, 4.69) is 77.1 Å². The normalized spacial score (nSPS) is 24.0. The van der Waals surface area contributed by atoms with Crippen molar-refractivity contribution in [1.29, 1.82) is 0 Å². The molecule has 2 aromatic rings. The Kier molecular flexibility index (Phi) is 11.4. The first-order chi connectivity index (χ1) is 19.0. The van der Waals surface area contributed by atoms with Crippen LogP contribution in [0.4, 0.5) is 0 Å². The number of benzene rings is 2. The highest BCUT2D eigenvalue weighted by molar-refractivity contribution is 5.66. The molecule has 0 N–H and O–H groups in total. The second kappa shape index (κ2) is 14.7. The number of rotatable bonds is 13. The molecule has 2 aliphatic carbocycles. The van der Waals surface area contributed by atoms with Gasteiger partial charge in [0.05, 0.1) is 6.61 Å². The van der Waals surface area contributed by atoms with E-state index in [9.17, 15) is 0 Å². The molecule has 0 atom stereocenters. The van der Waals surface area contributed by atoms with Gasteiger partial charge in [0.2, 0.25) is 0 Å². The van der Waals surface area contributed by atoms with Gasteiger partial charge in [0.1, 0.15) is 5.75 Å². The van der Waals surface area contributed by atoms with Crippen LogP contribution >= 0.6 is 0 Å². The molecule has 1 heteroatoms. The van der Waals surface area contributed by atoms with Crippen LogP contribution in [-0.2, 0) is 12.8 Å². The fraction of sp³-hybridized carbons (Fsp3) is 0.684. The van der Waals surface area contributed by atoms with Gasteiger partial charge in [-0.2, -0.15) is 0 Å². The topological polar surface area (TPSA) is 9.23 Å². The third kappa shape index (κ3) is 8.14. The van der Waals surface area contributed by atoms with Crippen LogP contribution in [0.2, 0.25) is 0 Å². The second-order valence-corrected chi connectivity index (χ2v) is 13.4. The molecule has 0 bridgehead atoms. The first-order valence-corrected chi connectivity index (χ1v) is 16.8. The molecule has 0 aromatic heterocycles. The van der Waals surface area contributed by atoms with Gasteiger partial charge < -0.3 is 4.74 Å². The number of ether oxygens (including phenoxy) is 1. The molecule has 0 unspecified atom stereocenters. The molecule has 0 spiro atoms. The molecule has 4 rings (SSSR count). The minimum Gasteiger partial charge on any atom is -0.493 e. The maximum Gasteiger partial charge on any atom is 0.122 e. The van der Waals surface area contributed by atoms with Gasteiger partial charge in [0.25, 0.3) is 0 Å². The monoisotopic (exact) mass is 530 g/mol. The molecular formula is C38H58O. The van der Waals surface area contributed by atoms with Crippen molar-refractivity contribution in [2.75, 3.05) is 6.61 Å². The minimum atomic E-state index is 0.432. The van der Waals surface area contributed by atoms with E-state index in [0.29, 0.717) is 5.41 Å². The summed E-state index contributed by atoms with van der Waals surface area (Å²) in [6.07, 6.45) is 20.4. The third-order valence-corrected chi connectivity index (χ3v) is 11.3. The van der Waals surface area contributed by atoms with Crippen LogP contribution in [0.5, 0.6) is 5.75 Å². The van der Waals surface area contributed by atoms with Crippen molar-refractivity contribution in [3.05, 3.63) is 53.6 Å². The van der Waals surface area contributed by atoms with Crippen molar-refractivity contribution < 1.29 is 4.74 Å². The van der Waals surface area contributed by atoms with Crippen LogP contribution < -0.4 is 4.74 Å². The first kappa shape index (κ1) is 30.2. The molecule has 39 heavy (non-hydrogen) atoms. The molecule has 0 saturated heterocycles. The van der Waals surface area contributed by atoms with E-state index in [1.807, 2.05) is 0 Å². The Morgan fingerprint density at radius 1 is 0.718 bits per heavy atom. The van der Waals surface area contributed by atoms with Gasteiger partial charge in [0, 0.05) is 0 Å². The number of aryl methyl sites for hydroxylation is 2. The Balaban J connectivity index is 1.25. The highest BCUT2D eigenvalue weighted by Crippen LogP contribution is 2.42. The highest BCUT2D eigenvalue weighted by Gasteiger charge is 2.29. The van der Waals surface area contributed by atoms with E-state index >= 15 is 0 Å². The summed E-state index contributed by atoms with van der Waals surface area (Å²) in [4.78, 5) is 0. The number of hydrogen-bond donors (Lipinski definition) is 0. The molecule has 0 heterocycles. The van der Waals surface area contributed by atoms with Gasteiger partial charge in [-0.25, -0.2) is 0 Å². The molecule has 216 valence electrons. The molecule has 2 fully saturated rings. The standard InChI is InChI=1S/C38H58O/c1-6-32-28-36(24-25-37(32)39-27-26-38(7-2,8-3)9-4)35-22-16-31(17-23-35)13-12-30-14-20-34(21-15-30)33-18-10-29(5)11-19-33/h16-17,22-25,28-30,33-34H,6-15,18-21,26-27H2,1-5H3. The van der Waals surface area contributed by atoms with Crippen molar-refractivity contribution in [2.24, 2.45) is 29.1 Å². The molecule has 2 saturated carbocycles. The zero-order valence-corrected chi connectivity index (χ0v) is 26.1. The largest absolute Gasteiger partial charge is 0.493 e. The van der Waals surface area contributed by atoms with Crippen LogP contribution in [0.1, 0.15) is 129 Å². The predicted octanol–water partition coefficient (Wildman–Crippen LogP) is 11.5. The molecule has 2 aliphatic rings. The first-order valence-electron chi connectivity index (χ1n) is 16.8. The Morgan fingerprint density at radius 3 is 1.90 bits per heavy atom. The Labute approximate surface area is 241 Å². The number of hydrogen-bond acceptors (Lipinski definition) is 1. The maximum atomic E-state index is 6.33. The summed E-state index contributed by atoms with van der Waals surface area (Å²) in [6, 6.07) is 16.2. The van der Waals surface area contributed by atoms with E-state index in [1.165, 1.54) is 106 Å². The summed E-state index contributed by atoms with van der Waals surface area (Å²) in [7, 11) is 0. The highest BCUT2D eigenvalue weighted by atomic mass is 16.5. The van der Waals surface area contributed by atoms with E-state index in [0.717, 1.165) is 48.9 Å². The average molecular weight is 531 g/mol. The lowest BCUT2D eigenvalue weighted by molar-refractivity contribution is 0.148. The van der Waals surface area contributed by atoms with E-state index in [-0.39, 0.29) is 0 Å². The van der Waals surface area contributed by atoms with Crippen molar-refractivity contribution in [2.45, 2.75) is 131 Å². The summed E-state index contributed by atoms with van der Waals surface area (Å²) in [5.74, 6) is 5.08. The van der Waals surface area contributed by atoms with Crippen LogP contribution in [-0.4, -0.2) is 6.61 Å². The lowest BCUT2D eigenvalue weighted by Gasteiger charge is -2.37. The van der Waals surface area contributed by atoms with E-state index in [4.69, 9.17) is 4.74 Å². The van der Waals surface area contributed by atoms with Crippen LogP contribution in [0.15, 0.2) is 42.5 Å². The van der Waals surface area contributed by atoms with Gasteiger partial charge in [-0.05, 0) is 115 Å². The summed E-state index contributed by atoms with van der Waals surface area (Å²) < 4.78 is 6.33. The third-order valence-electron chi connectivity index (χ3n) is 11.3. The van der Waals surface area contributed by atoms with Gasteiger partial charge in [-0.15, -0.1) is 0 Å². The predicted molar refractivity (Wildman–Crippen MR) is 170 cm³/mol. The zero-order valence-electron chi connectivity index (χ0n) is 26.1. The Morgan fingerprint density at radius 2 is 1.31 bits per heavy atom. The van der Waals surface area contributed by atoms with Crippen LogP contribution in [0.3, 0.4) is 0 Å². The van der Waals surface area contributed by atoms with Crippen LogP contribution in [0, 0.1) is 29.1 Å². The molecular weight excluding hydrogens is 472 g/mol. The van der Waals surface area contributed by atoms with Crippen molar-refractivity contribution in [3.8, 4) is 16.9 Å².